The van der Waals surface area contributed by atoms with Crippen molar-refractivity contribution in [2.24, 2.45) is 5.73 Å². The van der Waals surface area contributed by atoms with Crippen molar-refractivity contribution in [2.75, 3.05) is 7.11 Å². The standard InChI is InChI=1S/C11H13N3O/c1-15-10-4-2-8(3-5-10)11(12)9-6-13-14-7-9/h2-7,11H,12H2,1H3,(H,13,14). The number of H-pyrrole nitrogens is 1. The van der Waals surface area contributed by atoms with Crippen LogP contribution in [0.4, 0.5) is 0 Å². The molecule has 0 saturated carbocycles. The van der Waals surface area contributed by atoms with Crippen LogP contribution in [0.15, 0.2) is 36.7 Å². The minimum absolute atomic E-state index is 0.144. The third-order valence-corrected chi connectivity index (χ3v) is 2.35. The molecule has 0 radical (unpaired) electrons. The minimum atomic E-state index is -0.144. The molecule has 78 valence electrons. The van der Waals surface area contributed by atoms with E-state index in [0.29, 0.717) is 0 Å². The summed E-state index contributed by atoms with van der Waals surface area (Å²) in [7, 11) is 1.64. The van der Waals surface area contributed by atoms with Gasteiger partial charge in [0.25, 0.3) is 0 Å². The predicted molar refractivity (Wildman–Crippen MR) is 57.6 cm³/mol. The van der Waals surface area contributed by atoms with E-state index in [-0.39, 0.29) is 6.04 Å². The summed E-state index contributed by atoms with van der Waals surface area (Å²) < 4.78 is 5.08. The zero-order valence-electron chi connectivity index (χ0n) is 8.47. The summed E-state index contributed by atoms with van der Waals surface area (Å²) in [6, 6.07) is 7.56. The van der Waals surface area contributed by atoms with E-state index < -0.39 is 0 Å². The molecule has 0 fully saturated rings. The number of benzene rings is 1. The minimum Gasteiger partial charge on any atom is -0.497 e. The second-order valence-corrected chi connectivity index (χ2v) is 3.28. The summed E-state index contributed by atoms with van der Waals surface area (Å²) in [6.07, 6.45) is 3.53. The Morgan fingerprint density at radius 2 is 2.00 bits per heavy atom. The highest BCUT2D eigenvalue weighted by atomic mass is 16.5. The lowest BCUT2D eigenvalue weighted by Gasteiger charge is -2.10. The predicted octanol–water partition coefficient (Wildman–Crippen LogP) is 1.47. The van der Waals surface area contributed by atoms with Gasteiger partial charge >= 0.3 is 0 Å². The van der Waals surface area contributed by atoms with E-state index in [1.165, 1.54) is 0 Å². The molecular formula is C11H13N3O. The van der Waals surface area contributed by atoms with Crippen LogP contribution in [-0.2, 0) is 0 Å². The van der Waals surface area contributed by atoms with Crippen molar-refractivity contribution in [1.82, 2.24) is 10.2 Å². The molecule has 0 amide bonds. The van der Waals surface area contributed by atoms with E-state index >= 15 is 0 Å². The van der Waals surface area contributed by atoms with E-state index in [9.17, 15) is 0 Å². The maximum Gasteiger partial charge on any atom is 0.118 e. The largest absolute Gasteiger partial charge is 0.497 e. The van der Waals surface area contributed by atoms with Crippen LogP contribution in [0.25, 0.3) is 0 Å². The molecule has 15 heavy (non-hydrogen) atoms. The summed E-state index contributed by atoms with van der Waals surface area (Å²) in [4.78, 5) is 0. The molecule has 4 nitrogen and oxygen atoms in total. The van der Waals surface area contributed by atoms with Crippen molar-refractivity contribution in [3.8, 4) is 5.75 Å². The Labute approximate surface area is 88.1 Å². The number of nitrogens with two attached hydrogens (primary N) is 1. The fourth-order valence-corrected chi connectivity index (χ4v) is 1.43. The lowest BCUT2D eigenvalue weighted by molar-refractivity contribution is 0.414. The van der Waals surface area contributed by atoms with E-state index in [0.717, 1.165) is 16.9 Å². The van der Waals surface area contributed by atoms with Gasteiger partial charge in [0, 0.05) is 11.8 Å². The van der Waals surface area contributed by atoms with Gasteiger partial charge in [-0.1, -0.05) is 12.1 Å². The summed E-state index contributed by atoms with van der Waals surface area (Å²) in [6.45, 7) is 0. The van der Waals surface area contributed by atoms with Gasteiger partial charge in [0.15, 0.2) is 0 Å². The van der Waals surface area contributed by atoms with Gasteiger partial charge in [-0.15, -0.1) is 0 Å². The Morgan fingerprint density at radius 1 is 1.27 bits per heavy atom. The van der Waals surface area contributed by atoms with Crippen molar-refractivity contribution in [2.45, 2.75) is 6.04 Å². The summed E-state index contributed by atoms with van der Waals surface area (Å²) in [5, 5.41) is 6.62. The first-order valence-electron chi connectivity index (χ1n) is 4.69. The molecule has 4 heteroatoms. The van der Waals surface area contributed by atoms with Crippen LogP contribution in [0.2, 0.25) is 0 Å². The Morgan fingerprint density at radius 3 is 2.53 bits per heavy atom. The normalized spacial score (nSPS) is 12.4. The lowest BCUT2D eigenvalue weighted by Crippen LogP contribution is -2.10. The van der Waals surface area contributed by atoms with Crippen molar-refractivity contribution < 1.29 is 4.74 Å². The quantitative estimate of drug-likeness (QED) is 0.793. The number of hydrogen-bond acceptors (Lipinski definition) is 3. The maximum absolute atomic E-state index is 6.05. The highest BCUT2D eigenvalue weighted by molar-refractivity contribution is 5.33. The summed E-state index contributed by atoms with van der Waals surface area (Å²) >= 11 is 0. The lowest BCUT2D eigenvalue weighted by atomic mass is 10.0. The first kappa shape index (κ1) is 9.73. The van der Waals surface area contributed by atoms with E-state index in [2.05, 4.69) is 10.2 Å². The number of nitrogens with one attached hydrogen (secondary N) is 1. The average Bonchev–Trinajstić information content (AvgIpc) is 2.82. The summed E-state index contributed by atoms with van der Waals surface area (Å²) in [5.74, 6) is 0.832. The number of hydrogen-bond donors (Lipinski definition) is 2. The second-order valence-electron chi connectivity index (χ2n) is 3.28. The number of aromatic amines is 1. The molecule has 0 saturated heterocycles. The van der Waals surface area contributed by atoms with Gasteiger partial charge in [0.2, 0.25) is 0 Å². The average molecular weight is 203 g/mol. The molecule has 0 aliphatic rings. The Kier molecular flexibility index (Phi) is 2.69. The smallest absolute Gasteiger partial charge is 0.118 e. The second kappa shape index (κ2) is 4.14. The molecule has 0 bridgehead atoms. The maximum atomic E-state index is 6.05. The van der Waals surface area contributed by atoms with Crippen molar-refractivity contribution in [3.05, 3.63) is 47.8 Å². The van der Waals surface area contributed by atoms with Crippen LogP contribution in [-0.4, -0.2) is 17.3 Å². The third-order valence-electron chi connectivity index (χ3n) is 2.35. The molecule has 0 aliphatic carbocycles. The highest BCUT2D eigenvalue weighted by Crippen LogP contribution is 2.20. The Hall–Kier alpha value is -1.81. The zero-order valence-corrected chi connectivity index (χ0v) is 8.47. The number of nitrogens with zero attached hydrogens (tertiary/aromatic N) is 1. The van der Waals surface area contributed by atoms with Crippen LogP contribution < -0.4 is 10.5 Å². The first-order chi connectivity index (χ1) is 7.31. The summed E-state index contributed by atoms with van der Waals surface area (Å²) in [5.41, 5.74) is 8.06. The molecule has 1 atom stereocenters. The van der Waals surface area contributed by atoms with Crippen LogP contribution in [0.1, 0.15) is 17.2 Å². The molecule has 2 rings (SSSR count). The molecule has 1 aromatic carbocycles. The highest BCUT2D eigenvalue weighted by Gasteiger charge is 2.09. The van der Waals surface area contributed by atoms with Crippen LogP contribution in [0.5, 0.6) is 5.75 Å². The number of aromatic nitrogens is 2. The number of ether oxygens (including phenoxy) is 1. The number of methoxy groups -OCH3 is 1. The van der Waals surface area contributed by atoms with Crippen molar-refractivity contribution in [3.63, 3.8) is 0 Å². The molecule has 2 aromatic rings. The Balaban J connectivity index is 2.22. The number of rotatable bonds is 3. The van der Waals surface area contributed by atoms with E-state index in [4.69, 9.17) is 10.5 Å². The molecule has 1 heterocycles. The van der Waals surface area contributed by atoms with Gasteiger partial charge in [0.05, 0.1) is 19.3 Å². The van der Waals surface area contributed by atoms with Gasteiger partial charge < -0.3 is 10.5 Å². The van der Waals surface area contributed by atoms with Gasteiger partial charge in [-0.05, 0) is 17.7 Å². The third kappa shape index (κ3) is 1.99. The van der Waals surface area contributed by atoms with Crippen LogP contribution >= 0.6 is 0 Å². The monoisotopic (exact) mass is 203 g/mol. The van der Waals surface area contributed by atoms with Crippen LogP contribution in [0, 0.1) is 0 Å². The fraction of sp³-hybridized carbons (Fsp3) is 0.182. The van der Waals surface area contributed by atoms with Gasteiger partial charge in [-0.25, -0.2) is 0 Å². The molecular weight excluding hydrogens is 190 g/mol. The molecule has 0 aliphatic heterocycles. The topological polar surface area (TPSA) is 63.9 Å². The fourth-order valence-electron chi connectivity index (χ4n) is 1.43. The Bertz CT molecular complexity index is 408. The SMILES string of the molecule is COc1ccc(C(N)c2cn[nH]c2)cc1. The van der Waals surface area contributed by atoms with Gasteiger partial charge in [-0.3, -0.25) is 5.10 Å². The van der Waals surface area contributed by atoms with Gasteiger partial charge in [-0.2, -0.15) is 5.10 Å². The zero-order chi connectivity index (χ0) is 10.7. The first-order valence-corrected chi connectivity index (χ1v) is 4.69. The molecule has 0 spiro atoms. The van der Waals surface area contributed by atoms with Crippen LogP contribution in [0.3, 0.4) is 0 Å². The molecule has 1 aromatic heterocycles. The molecule has 3 N–H and O–H groups in total. The molecule has 1 unspecified atom stereocenters. The van der Waals surface area contributed by atoms with E-state index in [1.54, 1.807) is 19.5 Å². The van der Waals surface area contributed by atoms with Crippen molar-refractivity contribution in [1.29, 1.82) is 0 Å². The van der Waals surface area contributed by atoms with Gasteiger partial charge in [0.1, 0.15) is 5.75 Å². The van der Waals surface area contributed by atoms with E-state index in [1.807, 2.05) is 24.3 Å². The van der Waals surface area contributed by atoms with Crippen molar-refractivity contribution >= 4 is 0 Å².